The minimum atomic E-state index is -0.177. The van der Waals surface area contributed by atoms with Crippen molar-refractivity contribution in [3.05, 3.63) is 34.6 Å². The molecule has 18 heavy (non-hydrogen) atoms. The van der Waals surface area contributed by atoms with E-state index in [1.807, 2.05) is 7.05 Å². The summed E-state index contributed by atoms with van der Waals surface area (Å²) in [6.45, 7) is 0. The van der Waals surface area contributed by atoms with Crippen LogP contribution in [0.5, 0.6) is 0 Å². The molecule has 0 aromatic heterocycles. The minimum Gasteiger partial charge on any atom is -0.317 e. The summed E-state index contributed by atoms with van der Waals surface area (Å²) in [7, 11) is 2.01. The zero-order valence-electron chi connectivity index (χ0n) is 10.9. The van der Waals surface area contributed by atoms with E-state index >= 15 is 0 Å². The highest BCUT2D eigenvalue weighted by Gasteiger charge is 2.23. The highest BCUT2D eigenvalue weighted by atomic mass is 35.5. The van der Waals surface area contributed by atoms with Gasteiger partial charge in [0.15, 0.2) is 0 Å². The number of hydrogen-bond donors (Lipinski definition) is 1. The van der Waals surface area contributed by atoms with Gasteiger partial charge < -0.3 is 5.32 Å². The van der Waals surface area contributed by atoms with Crippen molar-refractivity contribution in [2.24, 2.45) is 5.92 Å². The molecule has 1 nitrogen and oxygen atoms in total. The van der Waals surface area contributed by atoms with Crippen LogP contribution in [0.1, 0.15) is 37.7 Å². The Labute approximate surface area is 114 Å². The first-order chi connectivity index (χ1) is 8.72. The molecular formula is C15H21ClFN. The number of benzene rings is 1. The molecule has 1 N–H and O–H groups in total. The van der Waals surface area contributed by atoms with Gasteiger partial charge >= 0.3 is 0 Å². The van der Waals surface area contributed by atoms with Crippen molar-refractivity contribution in [3.63, 3.8) is 0 Å². The second kappa shape index (κ2) is 6.53. The molecule has 1 aromatic rings. The predicted molar refractivity (Wildman–Crippen MR) is 74.5 cm³/mol. The molecule has 0 bridgehead atoms. The lowest BCUT2D eigenvalue weighted by molar-refractivity contribution is 0.358. The van der Waals surface area contributed by atoms with Crippen molar-refractivity contribution in [2.45, 2.75) is 44.6 Å². The minimum absolute atomic E-state index is 0.177. The van der Waals surface area contributed by atoms with Crippen molar-refractivity contribution in [1.82, 2.24) is 5.32 Å². The fraction of sp³-hybridized carbons (Fsp3) is 0.600. The van der Waals surface area contributed by atoms with Crippen LogP contribution < -0.4 is 5.32 Å². The lowest BCUT2D eigenvalue weighted by Crippen LogP contribution is -2.32. The summed E-state index contributed by atoms with van der Waals surface area (Å²) in [4.78, 5) is 0. The summed E-state index contributed by atoms with van der Waals surface area (Å²) >= 11 is 6.06. The van der Waals surface area contributed by atoms with Crippen LogP contribution in [0.3, 0.4) is 0 Å². The lowest BCUT2D eigenvalue weighted by Gasteiger charge is -2.23. The monoisotopic (exact) mass is 269 g/mol. The first kappa shape index (κ1) is 13.8. The fourth-order valence-corrected chi connectivity index (χ4v) is 3.30. The maximum atomic E-state index is 13.7. The summed E-state index contributed by atoms with van der Waals surface area (Å²) in [6.07, 6.45) is 6.95. The second-order valence-corrected chi connectivity index (χ2v) is 5.59. The summed E-state index contributed by atoms with van der Waals surface area (Å²) in [5, 5.41) is 3.94. The van der Waals surface area contributed by atoms with Gasteiger partial charge in [-0.15, -0.1) is 0 Å². The molecule has 1 atom stereocenters. The third kappa shape index (κ3) is 3.24. The molecule has 3 heteroatoms. The maximum Gasteiger partial charge on any atom is 0.127 e. The van der Waals surface area contributed by atoms with Gasteiger partial charge in [-0.2, -0.15) is 0 Å². The Hall–Kier alpha value is -0.600. The van der Waals surface area contributed by atoms with Crippen LogP contribution in [0.2, 0.25) is 5.02 Å². The third-order valence-electron chi connectivity index (χ3n) is 4.11. The van der Waals surface area contributed by atoms with E-state index in [0.29, 0.717) is 23.0 Å². The highest BCUT2D eigenvalue weighted by molar-refractivity contribution is 6.31. The molecule has 1 aliphatic carbocycles. The largest absolute Gasteiger partial charge is 0.317 e. The van der Waals surface area contributed by atoms with Crippen molar-refractivity contribution in [3.8, 4) is 0 Å². The van der Waals surface area contributed by atoms with Crippen molar-refractivity contribution in [2.75, 3.05) is 7.05 Å². The van der Waals surface area contributed by atoms with Crippen molar-refractivity contribution >= 4 is 11.6 Å². The smallest absolute Gasteiger partial charge is 0.127 e. The van der Waals surface area contributed by atoms with Crippen LogP contribution >= 0.6 is 11.6 Å². The quantitative estimate of drug-likeness (QED) is 0.845. The Kier molecular flexibility index (Phi) is 5.02. The van der Waals surface area contributed by atoms with Gasteiger partial charge in [-0.05, 0) is 50.8 Å². The number of hydrogen-bond acceptors (Lipinski definition) is 1. The highest BCUT2D eigenvalue weighted by Crippen LogP contribution is 2.30. The Bertz CT molecular complexity index is 368. The SMILES string of the molecule is CNC(CCc1c(F)cccc1Cl)C1CCCC1. The third-order valence-corrected chi connectivity index (χ3v) is 4.46. The van der Waals surface area contributed by atoms with Gasteiger partial charge in [0.05, 0.1) is 0 Å². The zero-order chi connectivity index (χ0) is 13.0. The average Bonchev–Trinajstić information content (AvgIpc) is 2.87. The Morgan fingerprint density at radius 1 is 1.39 bits per heavy atom. The van der Waals surface area contributed by atoms with E-state index in [2.05, 4.69) is 5.32 Å². The molecule has 1 saturated carbocycles. The van der Waals surface area contributed by atoms with Crippen LogP contribution in [-0.4, -0.2) is 13.1 Å². The van der Waals surface area contributed by atoms with Crippen LogP contribution in [0.4, 0.5) is 4.39 Å². The molecule has 2 rings (SSSR count). The van der Waals surface area contributed by atoms with Crippen molar-refractivity contribution < 1.29 is 4.39 Å². The molecule has 1 aliphatic rings. The number of halogens is 2. The van der Waals surface area contributed by atoms with Gasteiger partial charge in [0.2, 0.25) is 0 Å². The van der Waals surface area contributed by atoms with E-state index in [4.69, 9.17) is 11.6 Å². The summed E-state index contributed by atoms with van der Waals surface area (Å²) in [5.41, 5.74) is 0.664. The molecule has 0 heterocycles. The zero-order valence-corrected chi connectivity index (χ0v) is 11.6. The van der Waals surface area contributed by atoms with E-state index in [1.54, 1.807) is 12.1 Å². The van der Waals surface area contributed by atoms with Gasteiger partial charge in [-0.3, -0.25) is 0 Å². The molecule has 100 valence electrons. The van der Waals surface area contributed by atoms with Gasteiger partial charge in [-0.25, -0.2) is 4.39 Å². The van der Waals surface area contributed by atoms with Crippen LogP contribution in [-0.2, 0) is 6.42 Å². The molecular weight excluding hydrogens is 249 g/mol. The van der Waals surface area contributed by atoms with Gasteiger partial charge in [0.1, 0.15) is 5.82 Å². The first-order valence-electron chi connectivity index (χ1n) is 6.82. The fourth-order valence-electron chi connectivity index (χ4n) is 3.05. The molecule has 1 unspecified atom stereocenters. The van der Waals surface area contributed by atoms with E-state index in [0.717, 1.165) is 12.3 Å². The standard InChI is InChI=1S/C15H21ClFN/c1-18-15(11-5-2-3-6-11)10-9-12-13(16)7-4-8-14(12)17/h4,7-8,11,15,18H,2-3,5-6,9-10H2,1H3. The van der Waals surface area contributed by atoms with E-state index in [-0.39, 0.29) is 5.82 Å². The lowest BCUT2D eigenvalue weighted by atomic mass is 9.92. The molecule has 1 aromatic carbocycles. The molecule has 1 fully saturated rings. The average molecular weight is 270 g/mol. The molecule has 0 saturated heterocycles. The van der Waals surface area contributed by atoms with E-state index < -0.39 is 0 Å². The Balaban J connectivity index is 1.97. The molecule has 0 amide bonds. The number of rotatable bonds is 5. The topological polar surface area (TPSA) is 12.0 Å². The van der Waals surface area contributed by atoms with E-state index in [1.165, 1.54) is 31.7 Å². The van der Waals surface area contributed by atoms with E-state index in [9.17, 15) is 4.39 Å². The summed E-state index contributed by atoms with van der Waals surface area (Å²) < 4.78 is 13.7. The summed E-state index contributed by atoms with van der Waals surface area (Å²) in [5.74, 6) is 0.573. The van der Waals surface area contributed by atoms with Crippen molar-refractivity contribution in [1.29, 1.82) is 0 Å². The van der Waals surface area contributed by atoms with Gasteiger partial charge in [0, 0.05) is 16.6 Å². The first-order valence-corrected chi connectivity index (χ1v) is 7.20. The Morgan fingerprint density at radius 3 is 2.72 bits per heavy atom. The second-order valence-electron chi connectivity index (χ2n) is 5.18. The molecule has 0 aliphatic heterocycles. The normalized spacial score (nSPS) is 18.2. The summed E-state index contributed by atoms with van der Waals surface area (Å²) in [6, 6.07) is 5.41. The Morgan fingerprint density at radius 2 is 2.11 bits per heavy atom. The number of nitrogens with one attached hydrogen (secondary N) is 1. The van der Waals surface area contributed by atoms with Gasteiger partial charge in [-0.1, -0.05) is 30.5 Å². The van der Waals surface area contributed by atoms with Gasteiger partial charge in [0.25, 0.3) is 0 Å². The van der Waals surface area contributed by atoms with Crippen LogP contribution in [0.15, 0.2) is 18.2 Å². The molecule has 0 radical (unpaired) electrons. The molecule has 0 spiro atoms. The predicted octanol–water partition coefficient (Wildman–Crippen LogP) is 4.19. The van der Waals surface area contributed by atoms with Crippen LogP contribution in [0, 0.1) is 11.7 Å². The van der Waals surface area contributed by atoms with Crippen LogP contribution in [0.25, 0.3) is 0 Å². The maximum absolute atomic E-state index is 13.7.